The lowest BCUT2D eigenvalue weighted by molar-refractivity contribution is 0.306. The lowest BCUT2D eigenvalue weighted by Gasteiger charge is -2.18. The SMILES string of the molecule is Nc1cc(Br)cc2c1NCCCCO2. The van der Waals surface area contributed by atoms with Crippen LogP contribution in [0.1, 0.15) is 12.8 Å². The van der Waals surface area contributed by atoms with Crippen LogP contribution in [0.5, 0.6) is 5.75 Å². The van der Waals surface area contributed by atoms with E-state index in [-0.39, 0.29) is 0 Å². The standard InChI is InChI=1S/C10H13BrN2O/c11-7-5-8(12)10-9(6-7)14-4-2-1-3-13-10/h5-6,13H,1-4,12H2. The van der Waals surface area contributed by atoms with E-state index >= 15 is 0 Å². The maximum Gasteiger partial charge on any atom is 0.145 e. The molecule has 1 aromatic carbocycles. The molecular weight excluding hydrogens is 244 g/mol. The van der Waals surface area contributed by atoms with Crippen LogP contribution in [-0.2, 0) is 0 Å². The van der Waals surface area contributed by atoms with Gasteiger partial charge < -0.3 is 15.8 Å². The molecule has 1 aliphatic rings. The van der Waals surface area contributed by atoms with E-state index in [9.17, 15) is 0 Å². The van der Waals surface area contributed by atoms with Gasteiger partial charge in [0, 0.05) is 11.0 Å². The number of ether oxygens (including phenoxy) is 1. The number of anilines is 2. The predicted molar refractivity (Wildman–Crippen MR) is 61.8 cm³/mol. The van der Waals surface area contributed by atoms with Crippen LogP contribution in [-0.4, -0.2) is 13.2 Å². The Hall–Kier alpha value is -0.900. The molecule has 0 unspecified atom stereocenters. The molecule has 2 rings (SSSR count). The molecule has 0 amide bonds. The minimum Gasteiger partial charge on any atom is -0.491 e. The lowest BCUT2D eigenvalue weighted by Crippen LogP contribution is -2.12. The quantitative estimate of drug-likeness (QED) is 0.702. The summed E-state index contributed by atoms with van der Waals surface area (Å²) < 4.78 is 6.57. The summed E-state index contributed by atoms with van der Waals surface area (Å²) in [5, 5.41) is 3.29. The van der Waals surface area contributed by atoms with Crippen molar-refractivity contribution in [3.8, 4) is 5.75 Å². The molecule has 1 aliphatic heterocycles. The Morgan fingerprint density at radius 1 is 1.36 bits per heavy atom. The zero-order valence-electron chi connectivity index (χ0n) is 7.85. The average molecular weight is 257 g/mol. The highest BCUT2D eigenvalue weighted by atomic mass is 79.9. The summed E-state index contributed by atoms with van der Waals surface area (Å²) in [5.74, 6) is 0.844. The van der Waals surface area contributed by atoms with Crippen molar-refractivity contribution in [2.75, 3.05) is 24.2 Å². The Labute approximate surface area is 91.8 Å². The van der Waals surface area contributed by atoms with Crippen molar-refractivity contribution in [1.29, 1.82) is 0 Å². The van der Waals surface area contributed by atoms with Crippen LogP contribution in [0.15, 0.2) is 16.6 Å². The Morgan fingerprint density at radius 2 is 2.21 bits per heavy atom. The Balaban J connectivity index is 2.39. The maximum absolute atomic E-state index is 5.89. The number of halogens is 1. The van der Waals surface area contributed by atoms with Crippen molar-refractivity contribution < 1.29 is 4.74 Å². The van der Waals surface area contributed by atoms with Gasteiger partial charge in [0.1, 0.15) is 11.4 Å². The van der Waals surface area contributed by atoms with Gasteiger partial charge in [0.25, 0.3) is 0 Å². The fraction of sp³-hybridized carbons (Fsp3) is 0.400. The van der Waals surface area contributed by atoms with E-state index in [1.54, 1.807) is 0 Å². The number of nitrogens with two attached hydrogens (primary N) is 1. The van der Waals surface area contributed by atoms with Gasteiger partial charge in [0.15, 0.2) is 0 Å². The largest absolute Gasteiger partial charge is 0.491 e. The maximum atomic E-state index is 5.89. The monoisotopic (exact) mass is 256 g/mol. The third-order valence-corrected chi connectivity index (χ3v) is 2.69. The number of benzene rings is 1. The molecule has 0 fully saturated rings. The fourth-order valence-corrected chi connectivity index (χ4v) is 1.98. The normalized spacial score (nSPS) is 15.8. The molecule has 0 aromatic heterocycles. The van der Waals surface area contributed by atoms with E-state index in [0.29, 0.717) is 0 Å². The van der Waals surface area contributed by atoms with E-state index in [4.69, 9.17) is 10.5 Å². The summed E-state index contributed by atoms with van der Waals surface area (Å²) in [6.45, 7) is 1.73. The summed E-state index contributed by atoms with van der Waals surface area (Å²) in [5.41, 5.74) is 7.55. The molecular formula is C10H13BrN2O. The fourth-order valence-electron chi connectivity index (χ4n) is 1.53. The van der Waals surface area contributed by atoms with Crippen LogP contribution in [0.25, 0.3) is 0 Å². The molecule has 3 nitrogen and oxygen atoms in total. The van der Waals surface area contributed by atoms with Crippen LogP contribution in [0.4, 0.5) is 11.4 Å². The van der Waals surface area contributed by atoms with Crippen molar-refractivity contribution in [2.24, 2.45) is 0 Å². The molecule has 1 heterocycles. The van der Waals surface area contributed by atoms with Crippen LogP contribution in [0, 0.1) is 0 Å². The molecule has 1 aromatic rings. The Morgan fingerprint density at radius 3 is 3.07 bits per heavy atom. The van der Waals surface area contributed by atoms with Crippen molar-refractivity contribution in [2.45, 2.75) is 12.8 Å². The molecule has 3 N–H and O–H groups in total. The number of rotatable bonds is 0. The zero-order chi connectivity index (χ0) is 9.97. The van der Waals surface area contributed by atoms with E-state index in [0.717, 1.165) is 47.6 Å². The van der Waals surface area contributed by atoms with Crippen molar-refractivity contribution in [1.82, 2.24) is 0 Å². The third kappa shape index (κ3) is 1.95. The van der Waals surface area contributed by atoms with Gasteiger partial charge in [-0.25, -0.2) is 0 Å². The highest BCUT2D eigenvalue weighted by Crippen LogP contribution is 2.35. The van der Waals surface area contributed by atoms with Gasteiger partial charge in [-0.05, 0) is 25.0 Å². The molecule has 0 bridgehead atoms. The van der Waals surface area contributed by atoms with E-state index in [1.165, 1.54) is 0 Å². The molecule has 76 valence electrons. The predicted octanol–water partition coefficient (Wildman–Crippen LogP) is 2.62. The average Bonchev–Trinajstić information content (AvgIpc) is 2.07. The van der Waals surface area contributed by atoms with Gasteiger partial charge in [-0.15, -0.1) is 0 Å². The molecule has 14 heavy (non-hydrogen) atoms. The van der Waals surface area contributed by atoms with Gasteiger partial charge in [-0.1, -0.05) is 15.9 Å². The van der Waals surface area contributed by atoms with Crippen molar-refractivity contribution in [3.63, 3.8) is 0 Å². The Kier molecular flexibility index (Phi) is 2.82. The molecule has 0 atom stereocenters. The van der Waals surface area contributed by atoms with Crippen LogP contribution in [0.2, 0.25) is 0 Å². The van der Waals surface area contributed by atoms with Crippen LogP contribution < -0.4 is 15.8 Å². The first-order chi connectivity index (χ1) is 6.77. The number of nitrogen functional groups attached to an aromatic ring is 1. The summed E-state index contributed by atoms with van der Waals surface area (Å²) in [6.07, 6.45) is 2.20. The molecule has 0 spiro atoms. The van der Waals surface area contributed by atoms with E-state index in [2.05, 4.69) is 21.2 Å². The Bertz CT molecular complexity index is 341. The highest BCUT2D eigenvalue weighted by Gasteiger charge is 2.11. The summed E-state index contributed by atoms with van der Waals surface area (Å²) >= 11 is 3.40. The number of nitrogens with one attached hydrogen (secondary N) is 1. The number of hydrogen-bond donors (Lipinski definition) is 2. The first-order valence-electron chi connectivity index (χ1n) is 4.73. The highest BCUT2D eigenvalue weighted by molar-refractivity contribution is 9.10. The van der Waals surface area contributed by atoms with Gasteiger partial charge in [0.05, 0.1) is 12.3 Å². The summed E-state index contributed by atoms with van der Waals surface area (Å²) in [7, 11) is 0. The first-order valence-corrected chi connectivity index (χ1v) is 5.52. The second-order valence-corrected chi connectivity index (χ2v) is 4.27. The van der Waals surface area contributed by atoms with E-state index < -0.39 is 0 Å². The molecule has 0 saturated heterocycles. The van der Waals surface area contributed by atoms with Gasteiger partial charge in [-0.3, -0.25) is 0 Å². The topological polar surface area (TPSA) is 47.3 Å². The molecule has 4 heteroatoms. The summed E-state index contributed by atoms with van der Waals surface area (Å²) in [6, 6.07) is 3.83. The first kappa shape index (κ1) is 9.65. The zero-order valence-corrected chi connectivity index (χ0v) is 9.43. The van der Waals surface area contributed by atoms with Crippen molar-refractivity contribution >= 4 is 27.3 Å². The molecule has 0 saturated carbocycles. The second kappa shape index (κ2) is 4.09. The van der Waals surface area contributed by atoms with Crippen LogP contribution >= 0.6 is 15.9 Å². The molecule has 0 radical (unpaired) electrons. The van der Waals surface area contributed by atoms with Crippen LogP contribution in [0.3, 0.4) is 0 Å². The van der Waals surface area contributed by atoms with Crippen molar-refractivity contribution in [3.05, 3.63) is 16.6 Å². The lowest BCUT2D eigenvalue weighted by atomic mass is 10.2. The third-order valence-electron chi connectivity index (χ3n) is 2.23. The number of fused-ring (bicyclic) bond motifs is 1. The smallest absolute Gasteiger partial charge is 0.145 e. The number of hydrogen-bond acceptors (Lipinski definition) is 3. The minimum atomic E-state index is 0.733. The minimum absolute atomic E-state index is 0.733. The second-order valence-electron chi connectivity index (χ2n) is 3.35. The van der Waals surface area contributed by atoms with E-state index in [1.807, 2.05) is 12.1 Å². The van der Waals surface area contributed by atoms with Gasteiger partial charge in [0.2, 0.25) is 0 Å². The molecule has 0 aliphatic carbocycles. The van der Waals surface area contributed by atoms with Gasteiger partial charge >= 0.3 is 0 Å². The van der Waals surface area contributed by atoms with Gasteiger partial charge in [-0.2, -0.15) is 0 Å². The summed E-state index contributed by atoms with van der Waals surface area (Å²) in [4.78, 5) is 0.